The van der Waals surface area contributed by atoms with Crippen LogP contribution >= 0.6 is 24.0 Å². The van der Waals surface area contributed by atoms with Crippen LogP contribution in [0.2, 0.25) is 5.02 Å². The summed E-state index contributed by atoms with van der Waals surface area (Å²) in [5.74, 6) is 0.690. The molecule has 0 bridgehead atoms. The van der Waals surface area contributed by atoms with E-state index in [-0.39, 0.29) is 24.4 Å². The number of amides is 1. The molecule has 0 aromatic heterocycles. The molecule has 0 saturated carbocycles. The lowest BCUT2D eigenvalue weighted by Crippen LogP contribution is -2.38. The van der Waals surface area contributed by atoms with Gasteiger partial charge in [0, 0.05) is 17.6 Å². The van der Waals surface area contributed by atoms with E-state index in [2.05, 4.69) is 5.32 Å². The van der Waals surface area contributed by atoms with Gasteiger partial charge in [-0.05, 0) is 42.3 Å². The zero-order chi connectivity index (χ0) is 16.7. The molecule has 1 amide bonds. The summed E-state index contributed by atoms with van der Waals surface area (Å²) in [7, 11) is 0. The van der Waals surface area contributed by atoms with Gasteiger partial charge in [-0.3, -0.25) is 4.79 Å². The van der Waals surface area contributed by atoms with Crippen molar-refractivity contribution in [2.24, 2.45) is 5.73 Å². The van der Waals surface area contributed by atoms with Crippen molar-refractivity contribution in [2.75, 3.05) is 6.54 Å². The van der Waals surface area contributed by atoms with Crippen molar-refractivity contribution in [1.82, 2.24) is 5.32 Å². The molecule has 0 aliphatic carbocycles. The highest BCUT2D eigenvalue weighted by atomic mass is 35.5. The summed E-state index contributed by atoms with van der Waals surface area (Å²) in [5, 5.41) is 3.55. The average Bonchev–Trinajstić information content (AvgIpc) is 2.54. The number of hydrogen-bond acceptors (Lipinski definition) is 3. The molecule has 0 heterocycles. The molecule has 2 aromatic carbocycles. The van der Waals surface area contributed by atoms with E-state index in [0.717, 1.165) is 16.9 Å². The van der Waals surface area contributed by atoms with Crippen LogP contribution in [0.25, 0.3) is 0 Å². The SMILES string of the molecule is C[C@@H](CN)NC(=O)Cc1cccc(OCc2ccc(Cl)cc2)c1.Cl. The van der Waals surface area contributed by atoms with E-state index in [1.807, 2.05) is 55.5 Å². The second kappa shape index (κ2) is 10.2. The van der Waals surface area contributed by atoms with Crippen molar-refractivity contribution in [1.29, 1.82) is 0 Å². The Hall–Kier alpha value is -1.75. The predicted molar refractivity (Wildman–Crippen MR) is 99.8 cm³/mol. The standard InChI is InChI=1S/C18H21ClN2O2.ClH/c1-13(11-20)21-18(22)10-15-3-2-4-17(9-15)23-12-14-5-7-16(19)8-6-14;/h2-9,13H,10-12,20H2,1H3,(H,21,22);1H/t13-;/m0./s1. The van der Waals surface area contributed by atoms with E-state index < -0.39 is 0 Å². The van der Waals surface area contributed by atoms with Gasteiger partial charge in [0.25, 0.3) is 0 Å². The summed E-state index contributed by atoms with van der Waals surface area (Å²) in [6.07, 6.45) is 0.308. The summed E-state index contributed by atoms with van der Waals surface area (Å²) in [4.78, 5) is 11.9. The van der Waals surface area contributed by atoms with Crippen molar-refractivity contribution in [3.8, 4) is 5.75 Å². The lowest BCUT2D eigenvalue weighted by molar-refractivity contribution is -0.120. The third kappa shape index (κ3) is 6.79. The van der Waals surface area contributed by atoms with Gasteiger partial charge in [-0.15, -0.1) is 12.4 Å². The number of carbonyl (C=O) groups is 1. The number of hydrogen-bond donors (Lipinski definition) is 2. The van der Waals surface area contributed by atoms with Crippen LogP contribution in [-0.2, 0) is 17.8 Å². The third-order valence-electron chi connectivity index (χ3n) is 3.34. The van der Waals surface area contributed by atoms with Crippen molar-refractivity contribution in [3.05, 3.63) is 64.7 Å². The predicted octanol–water partition coefficient (Wildman–Crippen LogP) is 3.35. The Kier molecular flexibility index (Phi) is 8.61. The molecule has 130 valence electrons. The first kappa shape index (κ1) is 20.3. The van der Waals surface area contributed by atoms with Crippen LogP contribution in [0, 0.1) is 0 Å². The fraction of sp³-hybridized carbons (Fsp3) is 0.278. The number of ether oxygens (including phenoxy) is 1. The van der Waals surface area contributed by atoms with Gasteiger partial charge in [-0.25, -0.2) is 0 Å². The first-order chi connectivity index (χ1) is 11.1. The Morgan fingerprint density at radius 2 is 1.92 bits per heavy atom. The highest BCUT2D eigenvalue weighted by molar-refractivity contribution is 6.30. The zero-order valence-corrected chi connectivity index (χ0v) is 15.1. The van der Waals surface area contributed by atoms with Crippen LogP contribution in [0.4, 0.5) is 0 Å². The van der Waals surface area contributed by atoms with Gasteiger partial charge in [-0.2, -0.15) is 0 Å². The molecule has 3 N–H and O–H groups in total. The summed E-state index contributed by atoms with van der Waals surface area (Å²) in [6, 6.07) is 15.0. The van der Waals surface area contributed by atoms with Gasteiger partial charge in [0.05, 0.1) is 6.42 Å². The van der Waals surface area contributed by atoms with Gasteiger partial charge in [0.1, 0.15) is 12.4 Å². The van der Waals surface area contributed by atoms with Crippen molar-refractivity contribution >= 4 is 29.9 Å². The fourth-order valence-corrected chi connectivity index (χ4v) is 2.19. The summed E-state index contributed by atoms with van der Waals surface area (Å²) in [5.41, 5.74) is 7.44. The van der Waals surface area contributed by atoms with Gasteiger partial charge in [0.15, 0.2) is 0 Å². The number of nitrogens with one attached hydrogen (secondary N) is 1. The Bertz CT molecular complexity index is 648. The van der Waals surface area contributed by atoms with Crippen LogP contribution in [0.5, 0.6) is 5.75 Å². The molecule has 0 spiro atoms. The van der Waals surface area contributed by atoms with Crippen molar-refractivity contribution in [2.45, 2.75) is 26.0 Å². The van der Waals surface area contributed by atoms with Gasteiger partial charge in [-0.1, -0.05) is 35.9 Å². The Morgan fingerprint density at radius 3 is 2.58 bits per heavy atom. The largest absolute Gasteiger partial charge is 0.489 e. The second-order valence-electron chi connectivity index (χ2n) is 5.44. The van der Waals surface area contributed by atoms with E-state index in [4.69, 9.17) is 22.1 Å². The molecular formula is C18H22Cl2N2O2. The van der Waals surface area contributed by atoms with E-state index >= 15 is 0 Å². The summed E-state index contributed by atoms with van der Waals surface area (Å²) >= 11 is 5.86. The molecule has 0 radical (unpaired) electrons. The topological polar surface area (TPSA) is 64.3 Å². The Labute approximate surface area is 153 Å². The minimum Gasteiger partial charge on any atom is -0.489 e. The number of rotatable bonds is 7. The van der Waals surface area contributed by atoms with E-state index in [1.54, 1.807) is 0 Å². The third-order valence-corrected chi connectivity index (χ3v) is 3.59. The molecule has 1 atom stereocenters. The van der Waals surface area contributed by atoms with E-state index in [9.17, 15) is 4.79 Å². The fourth-order valence-electron chi connectivity index (χ4n) is 2.06. The number of halogens is 2. The first-order valence-electron chi connectivity index (χ1n) is 7.52. The molecule has 0 aliphatic heterocycles. The monoisotopic (exact) mass is 368 g/mol. The summed E-state index contributed by atoms with van der Waals surface area (Å²) in [6.45, 7) is 2.76. The highest BCUT2D eigenvalue weighted by Crippen LogP contribution is 2.17. The summed E-state index contributed by atoms with van der Waals surface area (Å²) < 4.78 is 5.76. The number of carbonyl (C=O) groups excluding carboxylic acids is 1. The first-order valence-corrected chi connectivity index (χ1v) is 7.90. The molecular weight excluding hydrogens is 347 g/mol. The normalized spacial score (nSPS) is 11.3. The second-order valence-corrected chi connectivity index (χ2v) is 5.88. The molecule has 2 aromatic rings. The van der Waals surface area contributed by atoms with Crippen LogP contribution in [-0.4, -0.2) is 18.5 Å². The molecule has 0 fully saturated rings. The Balaban J connectivity index is 0.00000288. The van der Waals surface area contributed by atoms with Gasteiger partial charge in [0.2, 0.25) is 5.91 Å². The molecule has 0 aliphatic rings. The molecule has 0 unspecified atom stereocenters. The van der Waals surface area contributed by atoms with Crippen LogP contribution in [0.1, 0.15) is 18.1 Å². The molecule has 0 saturated heterocycles. The minimum absolute atomic E-state index is 0. The van der Waals surface area contributed by atoms with Crippen LogP contribution in [0.15, 0.2) is 48.5 Å². The lowest BCUT2D eigenvalue weighted by Gasteiger charge is -2.12. The smallest absolute Gasteiger partial charge is 0.224 e. The number of nitrogens with two attached hydrogens (primary N) is 1. The molecule has 24 heavy (non-hydrogen) atoms. The zero-order valence-electron chi connectivity index (χ0n) is 13.5. The van der Waals surface area contributed by atoms with Crippen LogP contribution < -0.4 is 15.8 Å². The Morgan fingerprint density at radius 1 is 1.21 bits per heavy atom. The maximum atomic E-state index is 11.9. The maximum Gasteiger partial charge on any atom is 0.224 e. The van der Waals surface area contributed by atoms with E-state index in [0.29, 0.717) is 24.6 Å². The lowest BCUT2D eigenvalue weighted by atomic mass is 10.1. The van der Waals surface area contributed by atoms with Crippen molar-refractivity contribution < 1.29 is 9.53 Å². The molecule has 2 rings (SSSR count). The van der Waals surface area contributed by atoms with Gasteiger partial charge < -0.3 is 15.8 Å². The molecule has 4 nitrogen and oxygen atoms in total. The maximum absolute atomic E-state index is 11.9. The molecule has 6 heteroatoms. The van der Waals surface area contributed by atoms with Crippen molar-refractivity contribution in [3.63, 3.8) is 0 Å². The van der Waals surface area contributed by atoms with Gasteiger partial charge >= 0.3 is 0 Å². The minimum atomic E-state index is -0.0437. The van der Waals surface area contributed by atoms with E-state index in [1.165, 1.54) is 0 Å². The number of benzene rings is 2. The highest BCUT2D eigenvalue weighted by Gasteiger charge is 2.07. The van der Waals surface area contributed by atoms with Crippen LogP contribution in [0.3, 0.4) is 0 Å². The quantitative estimate of drug-likeness (QED) is 0.787. The average molecular weight is 369 g/mol.